The summed E-state index contributed by atoms with van der Waals surface area (Å²) in [5.74, 6) is 2.11. The molecule has 1 N–H and O–H groups in total. The zero-order chi connectivity index (χ0) is 43.7. The van der Waals surface area contributed by atoms with Crippen molar-refractivity contribution in [1.29, 1.82) is 0 Å². The van der Waals surface area contributed by atoms with E-state index in [9.17, 15) is 4.39 Å². The van der Waals surface area contributed by atoms with Crippen LogP contribution in [0.4, 0.5) is 4.39 Å². The highest BCUT2D eigenvalue weighted by molar-refractivity contribution is 7.46. The summed E-state index contributed by atoms with van der Waals surface area (Å²) in [4.78, 5) is 22.8. The fourth-order valence-corrected chi connectivity index (χ4v) is 9.84. The zero-order valence-corrected chi connectivity index (χ0v) is 38.1. The van der Waals surface area contributed by atoms with E-state index in [0.717, 1.165) is 98.2 Å². The SMILES string of the molecule is COP(Cc1ccc(-c2nccc(COc3ccccc3CC(C)Oc3ncnc4sc(-c5ccc(F)cc5)c(-c5ccc(OCCN6CCNCC6)c(Cl)c5C)c34)n2)cc1)OC. The van der Waals surface area contributed by atoms with Gasteiger partial charge in [0, 0.05) is 81.7 Å². The van der Waals surface area contributed by atoms with Crippen molar-refractivity contribution < 1.29 is 27.6 Å². The Balaban J connectivity index is 1.01. The molecule has 326 valence electrons. The van der Waals surface area contributed by atoms with Crippen LogP contribution in [-0.4, -0.2) is 84.5 Å². The van der Waals surface area contributed by atoms with Gasteiger partial charge in [-0.25, -0.2) is 24.3 Å². The van der Waals surface area contributed by atoms with E-state index in [-0.39, 0.29) is 18.5 Å². The second-order valence-corrected chi connectivity index (χ2v) is 18.2. The molecule has 1 aliphatic rings. The molecule has 15 heteroatoms. The second kappa shape index (κ2) is 21.0. The highest BCUT2D eigenvalue weighted by Gasteiger charge is 2.25. The number of benzene rings is 4. The maximum absolute atomic E-state index is 14.2. The number of fused-ring (bicyclic) bond motifs is 1. The molecule has 0 aliphatic carbocycles. The first kappa shape index (κ1) is 44.5. The minimum Gasteiger partial charge on any atom is -0.491 e. The Morgan fingerprint density at radius 2 is 1.63 bits per heavy atom. The third-order valence-corrected chi connectivity index (χ3v) is 13.9. The molecule has 4 heterocycles. The molecule has 1 fully saturated rings. The van der Waals surface area contributed by atoms with Crippen LogP contribution >= 0.6 is 31.3 Å². The zero-order valence-electron chi connectivity index (χ0n) is 35.6. The van der Waals surface area contributed by atoms with Crippen LogP contribution < -0.4 is 19.5 Å². The highest BCUT2D eigenvalue weighted by atomic mass is 35.5. The van der Waals surface area contributed by atoms with Gasteiger partial charge in [0.25, 0.3) is 0 Å². The van der Waals surface area contributed by atoms with Crippen LogP contribution in [0.25, 0.3) is 43.2 Å². The lowest BCUT2D eigenvalue weighted by molar-refractivity contribution is 0.191. The van der Waals surface area contributed by atoms with Gasteiger partial charge in [-0.15, -0.1) is 11.3 Å². The molecule has 3 aromatic heterocycles. The second-order valence-electron chi connectivity index (χ2n) is 15.1. The maximum Gasteiger partial charge on any atom is 0.226 e. The van der Waals surface area contributed by atoms with Gasteiger partial charge in [-0.1, -0.05) is 72.3 Å². The molecule has 1 aliphatic heterocycles. The molecule has 1 saturated heterocycles. The molecule has 0 radical (unpaired) electrons. The Hall–Kier alpha value is -5.11. The molecule has 1 atom stereocenters. The van der Waals surface area contributed by atoms with Gasteiger partial charge < -0.3 is 28.6 Å². The minimum absolute atomic E-state index is 0.255. The number of ether oxygens (including phenoxy) is 3. The van der Waals surface area contributed by atoms with Crippen LogP contribution in [-0.2, 0) is 28.2 Å². The number of hydrogen-bond donors (Lipinski definition) is 1. The van der Waals surface area contributed by atoms with Crippen LogP contribution in [0.3, 0.4) is 0 Å². The fourth-order valence-electron chi connectivity index (χ4n) is 7.55. The maximum atomic E-state index is 14.2. The van der Waals surface area contributed by atoms with Crippen LogP contribution in [0.15, 0.2) is 104 Å². The molecule has 0 spiro atoms. The molecular weight excluding hydrogens is 858 g/mol. The Morgan fingerprint density at radius 1 is 0.873 bits per heavy atom. The van der Waals surface area contributed by atoms with Gasteiger partial charge in [0.1, 0.15) is 47.8 Å². The van der Waals surface area contributed by atoms with Crippen molar-refractivity contribution in [2.24, 2.45) is 0 Å². The van der Waals surface area contributed by atoms with Crippen molar-refractivity contribution in [1.82, 2.24) is 30.2 Å². The first-order valence-corrected chi connectivity index (χ1v) is 23.4. The van der Waals surface area contributed by atoms with Gasteiger partial charge in [0.05, 0.1) is 16.1 Å². The first-order valence-electron chi connectivity index (χ1n) is 20.8. The van der Waals surface area contributed by atoms with Gasteiger partial charge in [0.15, 0.2) is 14.2 Å². The average Bonchev–Trinajstić information content (AvgIpc) is 3.70. The monoisotopic (exact) mass is 906 g/mol. The summed E-state index contributed by atoms with van der Waals surface area (Å²) < 4.78 is 44.4. The van der Waals surface area contributed by atoms with E-state index in [4.69, 9.17) is 49.8 Å². The van der Waals surface area contributed by atoms with Crippen LogP contribution in [0.5, 0.6) is 17.4 Å². The first-order chi connectivity index (χ1) is 30.8. The summed E-state index contributed by atoms with van der Waals surface area (Å²) >= 11 is 8.59. The van der Waals surface area contributed by atoms with Crippen LogP contribution in [0, 0.1) is 12.7 Å². The van der Waals surface area contributed by atoms with Crippen LogP contribution in [0.2, 0.25) is 5.02 Å². The van der Waals surface area contributed by atoms with Crippen molar-refractivity contribution in [2.45, 2.75) is 39.1 Å². The summed E-state index contributed by atoms with van der Waals surface area (Å²) in [5.41, 5.74) is 7.20. The van der Waals surface area contributed by atoms with Gasteiger partial charge in [-0.2, -0.15) is 0 Å². The lowest BCUT2D eigenvalue weighted by Crippen LogP contribution is -2.44. The molecule has 0 saturated carbocycles. The van der Waals surface area contributed by atoms with Crippen LogP contribution in [0.1, 0.15) is 29.3 Å². The average molecular weight is 907 g/mol. The molecule has 4 aromatic carbocycles. The fraction of sp³-hybridized carbons (Fsp3) is 0.292. The number of aromatic nitrogens is 4. The normalized spacial score (nSPS) is 13.7. The van der Waals surface area contributed by atoms with Gasteiger partial charge in [-0.3, -0.25) is 4.90 Å². The minimum atomic E-state index is -0.963. The van der Waals surface area contributed by atoms with E-state index in [1.165, 1.54) is 29.8 Å². The molecule has 0 amide bonds. The Bertz CT molecular complexity index is 2630. The smallest absolute Gasteiger partial charge is 0.226 e. The number of para-hydroxylation sites is 1. The number of thiophene rings is 1. The van der Waals surface area contributed by atoms with Gasteiger partial charge in [0.2, 0.25) is 5.88 Å². The topological polar surface area (TPSA) is 113 Å². The standard InChI is InChI=1S/C48H49ClFN6O5PS/c1-31(27-36-7-5-6-8-40(36)60-28-38-19-20-52-46(55-38)35-11-9-33(10-12-35)29-62(57-3)58-4)61-47-43-42(45(63-48(43)54-30-53-47)34-13-15-37(50)16-14-34)39-17-18-41(44(49)32(39)2)59-26-25-56-23-21-51-22-24-56/h5-20,30-31,51H,21-29H2,1-4H3. The number of nitrogens with zero attached hydrogens (tertiary/aromatic N) is 5. The lowest BCUT2D eigenvalue weighted by atomic mass is 9.96. The van der Waals surface area contributed by atoms with E-state index in [1.54, 1.807) is 32.5 Å². The Kier molecular flexibility index (Phi) is 14.9. The molecular formula is C48H49ClFN6O5PS. The third kappa shape index (κ3) is 10.8. The molecule has 1 unspecified atom stereocenters. The van der Waals surface area contributed by atoms with E-state index in [2.05, 4.69) is 15.2 Å². The van der Waals surface area contributed by atoms with Crippen molar-refractivity contribution in [2.75, 3.05) is 53.6 Å². The van der Waals surface area contributed by atoms with Crippen molar-refractivity contribution in [3.8, 4) is 50.3 Å². The number of halogens is 2. The van der Waals surface area contributed by atoms with E-state index in [1.807, 2.05) is 80.6 Å². The van der Waals surface area contributed by atoms with E-state index < -0.39 is 8.38 Å². The van der Waals surface area contributed by atoms with E-state index in [0.29, 0.717) is 41.7 Å². The van der Waals surface area contributed by atoms with Crippen molar-refractivity contribution in [3.63, 3.8) is 0 Å². The molecule has 63 heavy (non-hydrogen) atoms. The predicted molar refractivity (Wildman–Crippen MR) is 249 cm³/mol. The quantitative estimate of drug-likeness (QED) is 0.0831. The number of nitrogens with one attached hydrogen (secondary N) is 1. The van der Waals surface area contributed by atoms with Crippen molar-refractivity contribution >= 4 is 41.5 Å². The summed E-state index contributed by atoms with van der Waals surface area (Å²) in [7, 11) is 2.36. The van der Waals surface area contributed by atoms with Crippen molar-refractivity contribution in [3.05, 3.63) is 137 Å². The number of rotatable bonds is 18. The predicted octanol–water partition coefficient (Wildman–Crippen LogP) is 10.6. The summed E-state index contributed by atoms with van der Waals surface area (Å²) in [6.07, 6.45) is 4.20. The lowest BCUT2D eigenvalue weighted by Gasteiger charge is -2.27. The number of hydrogen-bond acceptors (Lipinski definition) is 12. The third-order valence-electron chi connectivity index (χ3n) is 10.9. The summed E-state index contributed by atoms with van der Waals surface area (Å²) in [6, 6.07) is 28.4. The molecule has 7 aromatic rings. The Morgan fingerprint density at radius 3 is 2.41 bits per heavy atom. The highest BCUT2D eigenvalue weighted by Crippen LogP contribution is 2.49. The summed E-state index contributed by atoms with van der Waals surface area (Å²) in [6.45, 7) is 9.55. The molecule has 11 nitrogen and oxygen atoms in total. The molecule has 0 bridgehead atoms. The largest absolute Gasteiger partial charge is 0.491 e. The Labute approximate surface area is 377 Å². The van der Waals surface area contributed by atoms with Gasteiger partial charge >= 0.3 is 0 Å². The summed E-state index contributed by atoms with van der Waals surface area (Å²) in [5, 5.41) is 4.68. The van der Waals surface area contributed by atoms with E-state index >= 15 is 0 Å². The number of piperazine rings is 1. The molecule has 8 rings (SSSR count). The van der Waals surface area contributed by atoms with Gasteiger partial charge in [-0.05, 0) is 72.0 Å².